The van der Waals surface area contributed by atoms with Crippen LogP contribution >= 0.6 is 0 Å². The van der Waals surface area contributed by atoms with Crippen LogP contribution in [0, 0.1) is 0 Å². The molecule has 0 saturated carbocycles. The SMILES string of the molecule is CCCc1c(NCC)ncnc1N1CCN2CCCC2C1. The Balaban J connectivity index is 1.84. The van der Waals surface area contributed by atoms with Gasteiger partial charge in [0.25, 0.3) is 0 Å². The van der Waals surface area contributed by atoms with Crippen LogP contribution < -0.4 is 10.2 Å². The van der Waals surface area contributed by atoms with Crippen molar-refractivity contribution in [2.45, 2.75) is 45.6 Å². The third kappa shape index (κ3) is 2.98. The van der Waals surface area contributed by atoms with E-state index in [1.807, 2.05) is 0 Å². The lowest BCUT2D eigenvalue weighted by Crippen LogP contribution is -2.50. The number of fused-ring (bicyclic) bond motifs is 1. The molecule has 1 aromatic heterocycles. The van der Waals surface area contributed by atoms with Crippen LogP contribution in [0.15, 0.2) is 6.33 Å². The molecule has 1 N–H and O–H groups in total. The summed E-state index contributed by atoms with van der Waals surface area (Å²) < 4.78 is 0. The first-order valence-corrected chi connectivity index (χ1v) is 8.40. The zero-order valence-corrected chi connectivity index (χ0v) is 13.3. The summed E-state index contributed by atoms with van der Waals surface area (Å²) in [4.78, 5) is 14.2. The normalized spacial score (nSPS) is 22.4. The first-order chi connectivity index (χ1) is 10.3. The molecule has 1 aromatic rings. The maximum atomic E-state index is 4.63. The van der Waals surface area contributed by atoms with Crippen LogP contribution in [0.1, 0.15) is 38.7 Å². The van der Waals surface area contributed by atoms with E-state index in [4.69, 9.17) is 0 Å². The number of piperazine rings is 1. The predicted octanol–water partition coefficient (Wildman–Crippen LogP) is 2.15. The van der Waals surface area contributed by atoms with Gasteiger partial charge < -0.3 is 10.2 Å². The van der Waals surface area contributed by atoms with Gasteiger partial charge in [0.2, 0.25) is 0 Å². The van der Waals surface area contributed by atoms with Crippen molar-refractivity contribution in [3.63, 3.8) is 0 Å². The maximum Gasteiger partial charge on any atom is 0.137 e. The standard InChI is InChI=1S/C16H27N5/c1-3-6-14-15(17-4-2)18-12-19-16(14)21-10-9-20-8-5-7-13(20)11-21/h12-13H,3-11H2,1-2H3,(H,17,18,19). The largest absolute Gasteiger partial charge is 0.370 e. The second-order valence-electron chi connectivity index (χ2n) is 6.08. The van der Waals surface area contributed by atoms with Crippen molar-refractivity contribution in [2.75, 3.05) is 42.9 Å². The number of hydrogen-bond acceptors (Lipinski definition) is 5. The van der Waals surface area contributed by atoms with Gasteiger partial charge in [-0.15, -0.1) is 0 Å². The molecule has 1 atom stereocenters. The van der Waals surface area contributed by atoms with Crippen molar-refractivity contribution in [1.82, 2.24) is 14.9 Å². The predicted molar refractivity (Wildman–Crippen MR) is 87.0 cm³/mol. The van der Waals surface area contributed by atoms with Crippen LogP contribution in [-0.2, 0) is 6.42 Å². The highest BCUT2D eigenvalue weighted by atomic mass is 15.3. The van der Waals surface area contributed by atoms with Gasteiger partial charge in [0.05, 0.1) is 0 Å². The molecule has 0 aromatic carbocycles. The Morgan fingerprint density at radius 3 is 2.95 bits per heavy atom. The van der Waals surface area contributed by atoms with Crippen molar-refractivity contribution in [3.8, 4) is 0 Å². The fourth-order valence-corrected chi connectivity index (χ4v) is 3.66. The highest BCUT2D eigenvalue weighted by Gasteiger charge is 2.32. The summed E-state index contributed by atoms with van der Waals surface area (Å²) in [6.45, 7) is 9.93. The molecule has 5 heteroatoms. The lowest BCUT2D eigenvalue weighted by Gasteiger charge is -2.39. The Kier molecular flexibility index (Phi) is 4.58. The Bertz CT molecular complexity index is 476. The monoisotopic (exact) mass is 289 g/mol. The molecule has 2 aliphatic heterocycles. The van der Waals surface area contributed by atoms with Crippen LogP contribution in [0.25, 0.3) is 0 Å². The quantitative estimate of drug-likeness (QED) is 0.900. The van der Waals surface area contributed by atoms with Crippen LogP contribution in [0.4, 0.5) is 11.6 Å². The highest BCUT2D eigenvalue weighted by molar-refractivity contribution is 5.59. The third-order valence-corrected chi connectivity index (χ3v) is 4.65. The van der Waals surface area contributed by atoms with E-state index in [0.717, 1.165) is 50.2 Å². The molecule has 5 nitrogen and oxygen atoms in total. The molecule has 3 heterocycles. The van der Waals surface area contributed by atoms with Gasteiger partial charge in [-0.25, -0.2) is 9.97 Å². The Morgan fingerprint density at radius 1 is 1.24 bits per heavy atom. The summed E-state index contributed by atoms with van der Waals surface area (Å²) in [5.41, 5.74) is 1.30. The van der Waals surface area contributed by atoms with Crippen molar-refractivity contribution in [1.29, 1.82) is 0 Å². The summed E-state index contributed by atoms with van der Waals surface area (Å²) in [5.74, 6) is 2.19. The second-order valence-corrected chi connectivity index (χ2v) is 6.08. The molecule has 2 saturated heterocycles. The molecule has 2 aliphatic rings. The number of aromatic nitrogens is 2. The lowest BCUT2D eigenvalue weighted by atomic mass is 10.1. The van der Waals surface area contributed by atoms with Crippen molar-refractivity contribution in [2.24, 2.45) is 0 Å². The summed E-state index contributed by atoms with van der Waals surface area (Å²) in [7, 11) is 0. The number of anilines is 2. The minimum atomic E-state index is 0.728. The molecular formula is C16H27N5. The summed E-state index contributed by atoms with van der Waals surface area (Å²) in [6, 6.07) is 0.728. The van der Waals surface area contributed by atoms with Crippen molar-refractivity contribution >= 4 is 11.6 Å². The van der Waals surface area contributed by atoms with E-state index in [9.17, 15) is 0 Å². The zero-order chi connectivity index (χ0) is 14.7. The fourth-order valence-electron chi connectivity index (χ4n) is 3.66. The zero-order valence-electron chi connectivity index (χ0n) is 13.3. The first kappa shape index (κ1) is 14.6. The van der Waals surface area contributed by atoms with Gasteiger partial charge in [-0.2, -0.15) is 0 Å². The van der Waals surface area contributed by atoms with E-state index >= 15 is 0 Å². The van der Waals surface area contributed by atoms with Crippen LogP contribution in [0.3, 0.4) is 0 Å². The molecule has 0 amide bonds. The van der Waals surface area contributed by atoms with Crippen molar-refractivity contribution in [3.05, 3.63) is 11.9 Å². The topological polar surface area (TPSA) is 44.3 Å². The minimum absolute atomic E-state index is 0.728. The molecule has 2 fully saturated rings. The van der Waals surface area contributed by atoms with Crippen LogP contribution in [0.5, 0.6) is 0 Å². The average molecular weight is 289 g/mol. The minimum Gasteiger partial charge on any atom is -0.370 e. The van der Waals surface area contributed by atoms with E-state index in [-0.39, 0.29) is 0 Å². The number of nitrogens with zero attached hydrogens (tertiary/aromatic N) is 4. The van der Waals surface area contributed by atoms with Gasteiger partial charge in [0, 0.05) is 37.8 Å². The third-order valence-electron chi connectivity index (χ3n) is 4.65. The Hall–Kier alpha value is -1.36. The molecule has 0 aliphatic carbocycles. The second kappa shape index (κ2) is 6.60. The lowest BCUT2D eigenvalue weighted by molar-refractivity contribution is 0.230. The summed E-state index contributed by atoms with van der Waals surface area (Å²) in [6.07, 6.45) is 6.58. The first-order valence-electron chi connectivity index (χ1n) is 8.40. The van der Waals surface area contributed by atoms with E-state index in [1.54, 1.807) is 6.33 Å². The summed E-state index contributed by atoms with van der Waals surface area (Å²) >= 11 is 0. The molecular weight excluding hydrogens is 262 g/mol. The van der Waals surface area contributed by atoms with Crippen LogP contribution in [0.2, 0.25) is 0 Å². The molecule has 21 heavy (non-hydrogen) atoms. The van der Waals surface area contributed by atoms with E-state index < -0.39 is 0 Å². The van der Waals surface area contributed by atoms with Gasteiger partial charge >= 0.3 is 0 Å². The van der Waals surface area contributed by atoms with Gasteiger partial charge in [-0.05, 0) is 32.7 Å². The Labute approximate surface area is 127 Å². The fraction of sp³-hybridized carbons (Fsp3) is 0.750. The summed E-state index contributed by atoms with van der Waals surface area (Å²) in [5, 5.41) is 3.40. The smallest absolute Gasteiger partial charge is 0.137 e. The van der Waals surface area contributed by atoms with Crippen LogP contribution in [-0.4, -0.2) is 53.6 Å². The molecule has 1 unspecified atom stereocenters. The number of nitrogens with one attached hydrogen (secondary N) is 1. The van der Waals surface area contributed by atoms with Gasteiger partial charge in [-0.1, -0.05) is 13.3 Å². The molecule has 0 radical (unpaired) electrons. The van der Waals surface area contributed by atoms with Crippen molar-refractivity contribution < 1.29 is 0 Å². The molecule has 3 rings (SSSR count). The van der Waals surface area contributed by atoms with Gasteiger partial charge in [0.1, 0.15) is 18.0 Å². The maximum absolute atomic E-state index is 4.63. The average Bonchev–Trinajstić information content (AvgIpc) is 2.97. The number of hydrogen-bond donors (Lipinski definition) is 1. The van der Waals surface area contributed by atoms with E-state index in [0.29, 0.717) is 0 Å². The number of rotatable bonds is 5. The van der Waals surface area contributed by atoms with Gasteiger partial charge in [-0.3, -0.25) is 4.90 Å². The Morgan fingerprint density at radius 2 is 2.14 bits per heavy atom. The molecule has 0 bridgehead atoms. The van der Waals surface area contributed by atoms with Gasteiger partial charge in [0.15, 0.2) is 0 Å². The highest BCUT2D eigenvalue weighted by Crippen LogP contribution is 2.29. The van der Waals surface area contributed by atoms with E-state index in [1.165, 1.54) is 31.5 Å². The molecule has 116 valence electrons. The van der Waals surface area contributed by atoms with E-state index in [2.05, 4.69) is 38.9 Å². The molecule has 0 spiro atoms.